The molecule has 0 spiro atoms. The lowest BCUT2D eigenvalue weighted by molar-refractivity contribution is -0.111. The van der Waals surface area contributed by atoms with E-state index in [1.807, 2.05) is 24.3 Å². The summed E-state index contributed by atoms with van der Waals surface area (Å²) in [4.78, 5) is 16.1. The van der Waals surface area contributed by atoms with Gasteiger partial charge in [0.2, 0.25) is 5.91 Å². The quantitative estimate of drug-likeness (QED) is 0.673. The van der Waals surface area contributed by atoms with Crippen LogP contribution in [0.25, 0.3) is 16.8 Å². The SMILES string of the molecule is O=C(/C=C/c1ccc(F)c(Br)c1)Nc1cccc2cnccc12. The van der Waals surface area contributed by atoms with Crippen molar-refractivity contribution in [1.82, 2.24) is 4.98 Å². The lowest BCUT2D eigenvalue weighted by Gasteiger charge is -2.06. The number of pyridine rings is 1. The molecule has 0 aliphatic rings. The third-order valence-electron chi connectivity index (χ3n) is 3.31. The number of benzene rings is 2. The third-order valence-corrected chi connectivity index (χ3v) is 3.92. The number of carbonyl (C=O) groups is 1. The van der Waals surface area contributed by atoms with Crippen LogP contribution in [0.1, 0.15) is 5.56 Å². The Morgan fingerprint density at radius 2 is 2.09 bits per heavy atom. The van der Waals surface area contributed by atoms with Gasteiger partial charge in [-0.3, -0.25) is 9.78 Å². The Balaban J connectivity index is 1.78. The van der Waals surface area contributed by atoms with Crippen LogP contribution in [0, 0.1) is 5.82 Å². The van der Waals surface area contributed by atoms with Gasteiger partial charge in [-0.25, -0.2) is 4.39 Å². The van der Waals surface area contributed by atoms with Crippen molar-refractivity contribution in [2.75, 3.05) is 5.32 Å². The first-order chi connectivity index (χ1) is 11.1. The molecule has 0 atom stereocenters. The summed E-state index contributed by atoms with van der Waals surface area (Å²) >= 11 is 3.12. The number of rotatable bonds is 3. The first-order valence-corrected chi connectivity index (χ1v) is 7.69. The highest BCUT2D eigenvalue weighted by atomic mass is 79.9. The fourth-order valence-corrected chi connectivity index (χ4v) is 2.59. The maximum Gasteiger partial charge on any atom is 0.248 e. The number of halogens is 2. The molecule has 0 fully saturated rings. The van der Waals surface area contributed by atoms with E-state index in [9.17, 15) is 9.18 Å². The van der Waals surface area contributed by atoms with Gasteiger partial charge in [0.1, 0.15) is 5.82 Å². The van der Waals surface area contributed by atoms with Crippen molar-refractivity contribution in [3.05, 3.63) is 76.8 Å². The third kappa shape index (κ3) is 3.63. The topological polar surface area (TPSA) is 42.0 Å². The van der Waals surface area contributed by atoms with Gasteiger partial charge in [0.15, 0.2) is 0 Å². The molecular weight excluding hydrogens is 359 g/mol. The van der Waals surface area contributed by atoms with Gasteiger partial charge < -0.3 is 5.32 Å². The summed E-state index contributed by atoms with van der Waals surface area (Å²) in [6.07, 6.45) is 6.48. The van der Waals surface area contributed by atoms with Crippen molar-refractivity contribution in [1.29, 1.82) is 0 Å². The summed E-state index contributed by atoms with van der Waals surface area (Å²) in [7, 11) is 0. The molecule has 0 radical (unpaired) electrons. The second kappa shape index (κ2) is 6.71. The summed E-state index contributed by atoms with van der Waals surface area (Å²) in [5.41, 5.74) is 1.45. The van der Waals surface area contributed by atoms with Crippen LogP contribution in [0.4, 0.5) is 10.1 Å². The van der Waals surface area contributed by atoms with E-state index in [1.54, 1.807) is 30.6 Å². The van der Waals surface area contributed by atoms with Gasteiger partial charge in [-0.2, -0.15) is 0 Å². The molecule has 0 aliphatic heterocycles. The van der Waals surface area contributed by atoms with Gasteiger partial charge in [0.05, 0.1) is 4.47 Å². The zero-order valence-electron chi connectivity index (χ0n) is 12.0. The average Bonchev–Trinajstić information content (AvgIpc) is 2.56. The second-order valence-electron chi connectivity index (χ2n) is 4.90. The number of anilines is 1. The maximum atomic E-state index is 13.2. The molecule has 23 heavy (non-hydrogen) atoms. The van der Waals surface area contributed by atoms with E-state index in [4.69, 9.17) is 0 Å². The fourth-order valence-electron chi connectivity index (χ4n) is 2.19. The average molecular weight is 371 g/mol. The highest BCUT2D eigenvalue weighted by Gasteiger charge is 2.03. The van der Waals surface area contributed by atoms with Gasteiger partial charge in [0.25, 0.3) is 0 Å². The molecule has 1 heterocycles. The van der Waals surface area contributed by atoms with Gasteiger partial charge >= 0.3 is 0 Å². The van der Waals surface area contributed by atoms with Crippen LogP contribution < -0.4 is 5.32 Å². The smallest absolute Gasteiger partial charge is 0.248 e. The van der Waals surface area contributed by atoms with E-state index in [0.717, 1.165) is 22.0 Å². The molecule has 114 valence electrons. The lowest BCUT2D eigenvalue weighted by Crippen LogP contribution is -2.08. The minimum atomic E-state index is -0.337. The molecule has 3 aromatic rings. The van der Waals surface area contributed by atoms with Crippen molar-refractivity contribution >= 4 is 44.4 Å². The van der Waals surface area contributed by atoms with Gasteiger partial charge in [-0.1, -0.05) is 18.2 Å². The number of amides is 1. The van der Waals surface area contributed by atoms with Gasteiger partial charge in [-0.15, -0.1) is 0 Å². The Hall–Kier alpha value is -2.53. The monoisotopic (exact) mass is 370 g/mol. The highest BCUT2D eigenvalue weighted by molar-refractivity contribution is 9.10. The fraction of sp³-hybridized carbons (Fsp3) is 0. The molecule has 5 heteroatoms. The number of carbonyl (C=O) groups excluding carboxylic acids is 1. The van der Waals surface area contributed by atoms with Crippen molar-refractivity contribution in [2.24, 2.45) is 0 Å². The summed E-state index contributed by atoms with van der Waals surface area (Å²) in [6.45, 7) is 0. The van der Waals surface area contributed by atoms with Crippen molar-refractivity contribution in [2.45, 2.75) is 0 Å². The number of nitrogens with one attached hydrogen (secondary N) is 1. The van der Waals surface area contributed by atoms with E-state index >= 15 is 0 Å². The van der Waals surface area contributed by atoms with Crippen LogP contribution >= 0.6 is 15.9 Å². The molecule has 0 saturated heterocycles. The van der Waals surface area contributed by atoms with E-state index in [2.05, 4.69) is 26.2 Å². The molecule has 0 bridgehead atoms. The van der Waals surface area contributed by atoms with Gasteiger partial charge in [-0.05, 0) is 51.8 Å². The van der Waals surface area contributed by atoms with Crippen LogP contribution in [0.2, 0.25) is 0 Å². The molecule has 0 unspecified atom stereocenters. The number of hydrogen-bond acceptors (Lipinski definition) is 2. The Morgan fingerprint density at radius 1 is 1.22 bits per heavy atom. The van der Waals surface area contributed by atoms with Crippen molar-refractivity contribution < 1.29 is 9.18 Å². The van der Waals surface area contributed by atoms with Crippen molar-refractivity contribution in [3.63, 3.8) is 0 Å². The second-order valence-corrected chi connectivity index (χ2v) is 5.75. The number of nitrogens with zero attached hydrogens (tertiary/aromatic N) is 1. The van der Waals surface area contributed by atoms with Gasteiger partial charge in [0, 0.05) is 34.9 Å². The van der Waals surface area contributed by atoms with Crippen LogP contribution in [-0.4, -0.2) is 10.9 Å². The minimum Gasteiger partial charge on any atom is -0.322 e. The van der Waals surface area contributed by atoms with E-state index in [0.29, 0.717) is 4.47 Å². The standard InChI is InChI=1S/C18H12BrFN2O/c19-15-10-12(4-6-16(15)20)5-7-18(23)22-17-3-1-2-13-11-21-9-8-14(13)17/h1-11H,(H,22,23)/b7-5+. The predicted octanol–water partition coefficient (Wildman–Crippen LogP) is 4.79. The lowest BCUT2D eigenvalue weighted by atomic mass is 10.1. The zero-order chi connectivity index (χ0) is 16.2. The number of aromatic nitrogens is 1. The molecule has 0 aliphatic carbocycles. The van der Waals surface area contributed by atoms with Crippen molar-refractivity contribution in [3.8, 4) is 0 Å². The predicted molar refractivity (Wildman–Crippen MR) is 93.5 cm³/mol. The minimum absolute atomic E-state index is 0.255. The first-order valence-electron chi connectivity index (χ1n) is 6.90. The molecule has 1 N–H and O–H groups in total. The summed E-state index contributed by atoms with van der Waals surface area (Å²) in [5.74, 6) is -0.592. The molecule has 3 rings (SSSR count). The summed E-state index contributed by atoms with van der Waals surface area (Å²) in [6, 6.07) is 12.0. The van der Waals surface area contributed by atoms with E-state index < -0.39 is 0 Å². The molecule has 0 saturated carbocycles. The Morgan fingerprint density at radius 3 is 2.91 bits per heavy atom. The zero-order valence-corrected chi connectivity index (χ0v) is 13.5. The largest absolute Gasteiger partial charge is 0.322 e. The van der Waals surface area contributed by atoms with E-state index in [1.165, 1.54) is 12.1 Å². The Bertz CT molecular complexity index is 903. The summed E-state index contributed by atoms with van der Waals surface area (Å²) < 4.78 is 13.5. The number of fused-ring (bicyclic) bond motifs is 1. The Labute approximate surface area is 141 Å². The Kier molecular flexibility index (Phi) is 4.48. The molecule has 3 nitrogen and oxygen atoms in total. The highest BCUT2D eigenvalue weighted by Crippen LogP contribution is 2.22. The number of hydrogen-bond donors (Lipinski definition) is 1. The summed E-state index contributed by atoms with van der Waals surface area (Å²) in [5, 5.41) is 4.72. The van der Waals surface area contributed by atoms with Crippen LogP contribution in [0.5, 0.6) is 0 Å². The van der Waals surface area contributed by atoms with Crippen LogP contribution in [0.15, 0.2) is 65.4 Å². The van der Waals surface area contributed by atoms with E-state index in [-0.39, 0.29) is 11.7 Å². The maximum absolute atomic E-state index is 13.2. The first kappa shape index (κ1) is 15.4. The normalized spacial score (nSPS) is 11.0. The molecular formula is C18H12BrFN2O. The molecule has 1 aromatic heterocycles. The van der Waals surface area contributed by atoms with Crippen LogP contribution in [0.3, 0.4) is 0 Å². The molecule has 1 amide bonds. The molecule has 2 aromatic carbocycles. The van der Waals surface area contributed by atoms with Crippen LogP contribution in [-0.2, 0) is 4.79 Å².